The lowest BCUT2D eigenvalue weighted by molar-refractivity contribution is -0.123. The van der Waals surface area contributed by atoms with Crippen LogP contribution in [0, 0.1) is 5.92 Å². The lowest BCUT2D eigenvalue weighted by Gasteiger charge is -2.14. The monoisotopic (exact) mass is 212 g/mol. The third-order valence-electron chi connectivity index (χ3n) is 2.08. The van der Waals surface area contributed by atoms with Gasteiger partial charge in [-0.05, 0) is 5.92 Å². The number of nitrogens with two attached hydrogens (primary N) is 1. The van der Waals surface area contributed by atoms with Gasteiger partial charge in [-0.2, -0.15) is 4.98 Å². The first-order valence-electron chi connectivity index (χ1n) is 4.89. The molecule has 0 aliphatic carbocycles. The maximum Gasteiger partial charge on any atom is 0.237 e. The Hall–Kier alpha value is -1.43. The van der Waals surface area contributed by atoms with E-state index in [9.17, 15) is 4.79 Å². The molecule has 0 radical (unpaired) electrons. The minimum Gasteiger partial charge on any atom is -0.354 e. The zero-order valence-corrected chi connectivity index (χ0v) is 8.93. The maximum absolute atomic E-state index is 11.4. The summed E-state index contributed by atoms with van der Waals surface area (Å²) in [7, 11) is 0. The number of aromatic nitrogens is 2. The van der Waals surface area contributed by atoms with Gasteiger partial charge in [-0.1, -0.05) is 19.0 Å². The first-order chi connectivity index (χ1) is 7.11. The fraction of sp³-hybridized carbons (Fsp3) is 0.667. The van der Waals surface area contributed by atoms with E-state index in [2.05, 4.69) is 20.0 Å². The lowest BCUT2D eigenvalue weighted by Crippen LogP contribution is -2.44. The Kier molecular flexibility index (Phi) is 4.23. The number of rotatable bonds is 5. The Labute approximate surface area is 88.2 Å². The second-order valence-corrected chi connectivity index (χ2v) is 3.66. The summed E-state index contributed by atoms with van der Waals surface area (Å²) in [5.74, 6) is 0.567. The molecule has 1 aromatic rings. The van der Waals surface area contributed by atoms with Gasteiger partial charge in [0.15, 0.2) is 5.82 Å². The summed E-state index contributed by atoms with van der Waals surface area (Å²) in [6, 6.07) is -0.463. The minimum atomic E-state index is -0.463. The van der Waals surface area contributed by atoms with E-state index in [1.807, 2.05) is 13.8 Å². The summed E-state index contributed by atoms with van der Waals surface area (Å²) in [6.07, 6.45) is 1.81. The lowest BCUT2D eigenvalue weighted by atomic mass is 10.1. The molecule has 15 heavy (non-hydrogen) atoms. The molecule has 1 aromatic heterocycles. The fourth-order valence-corrected chi connectivity index (χ4v) is 1.02. The number of nitrogens with one attached hydrogen (secondary N) is 1. The van der Waals surface area contributed by atoms with Crippen molar-refractivity contribution in [3.05, 3.63) is 12.2 Å². The van der Waals surface area contributed by atoms with Crippen molar-refractivity contribution in [1.29, 1.82) is 0 Å². The molecular formula is C9H16N4O2. The van der Waals surface area contributed by atoms with Crippen LogP contribution < -0.4 is 11.1 Å². The molecule has 0 unspecified atom stereocenters. The van der Waals surface area contributed by atoms with Gasteiger partial charge >= 0.3 is 0 Å². The van der Waals surface area contributed by atoms with Gasteiger partial charge in [0, 0.05) is 13.0 Å². The Morgan fingerprint density at radius 3 is 2.93 bits per heavy atom. The smallest absolute Gasteiger partial charge is 0.237 e. The van der Waals surface area contributed by atoms with E-state index >= 15 is 0 Å². The highest BCUT2D eigenvalue weighted by molar-refractivity contribution is 5.81. The Morgan fingerprint density at radius 1 is 1.67 bits per heavy atom. The van der Waals surface area contributed by atoms with E-state index in [0.717, 1.165) is 0 Å². The molecule has 0 bridgehead atoms. The van der Waals surface area contributed by atoms with Gasteiger partial charge in [0.2, 0.25) is 12.3 Å². The van der Waals surface area contributed by atoms with Crippen LogP contribution in [0.2, 0.25) is 0 Å². The fourth-order valence-electron chi connectivity index (χ4n) is 1.02. The highest BCUT2D eigenvalue weighted by Crippen LogP contribution is 1.97. The van der Waals surface area contributed by atoms with Crippen LogP contribution in [-0.2, 0) is 11.2 Å². The summed E-state index contributed by atoms with van der Waals surface area (Å²) in [4.78, 5) is 15.2. The number of carbonyl (C=O) groups is 1. The third-order valence-corrected chi connectivity index (χ3v) is 2.08. The summed E-state index contributed by atoms with van der Waals surface area (Å²) >= 11 is 0. The Morgan fingerprint density at radius 2 is 2.40 bits per heavy atom. The molecule has 1 heterocycles. The van der Waals surface area contributed by atoms with Crippen LogP contribution in [0.25, 0.3) is 0 Å². The van der Waals surface area contributed by atoms with Crippen molar-refractivity contribution in [1.82, 2.24) is 15.5 Å². The number of hydrogen-bond donors (Lipinski definition) is 2. The van der Waals surface area contributed by atoms with Crippen LogP contribution in [0.1, 0.15) is 19.7 Å². The van der Waals surface area contributed by atoms with Crippen molar-refractivity contribution < 1.29 is 9.32 Å². The van der Waals surface area contributed by atoms with Crippen LogP contribution in [-0.4, -0.2) is 28.6 Å². The first kappa shape index (κ1) is 11.6. The molecule has 0 aliphatic rings. The predicted molar refractivity (Wildman–Crippen MR) is 53.8 cm³/mol. The second kappa shape index (κ2) is 5.45. The number of amides is 1. The summed E-state index contributed by atoms with van der Waals surface area (Å²) in [5, 5.41) is 6.34. The number of carbonyl (C=O) groups excluding carboxylic acids is 1. The van der Waals surface area contributed by atoms with Crippen LogP contribution in [0.15, 0.2) is 10.9 Å². The molecule has 3 N–H and O–H groups in total. The van der Waals surface area contributed by atoms with Gasteiger partial charge in [0.1, 0.15) is 0 Å². The minimum absolute atomic E-state index is 0.134. The normalized spacial score (nSPS) is 12.8. The molecule has 1 rings (SSSR count). The Bertz CT molecular complexity index is 297. The van der Waals surface area contributed by atoms with Gasteiger partial charge in [0.05, 0.1) is 6.04 Å². The third kappa shape index (κ3) is 3.67. The van der Waals surface area contributed by atoms with Crippen LogP contribution in [0.3, 0.4) is 0 Å². The molecule has 0 aliphatic heterocycles. The molecule has 1 amide bonds. The van der Waals surface area contributed by atoms with Crippen LogP contribution >= 0.6 is 0 Å². The van der Waals surface area contributed by atoms with Crippen LogP contribution in [0.5, 0.6) is 0 Å². The summed E-state index contributed by atoms with van der Waals surface area (Å²) in [6.45, 7) is 4.28. The second-order valence-electron chi connectivity index (χ2n) is 3.66. The molecule has 0 spiro atoms. The van der Waals surface area contributed by atoms with Gasteiger partial charge < -0.3 is 15.6 Å². The highest BCUT2D eigenvalue weighted by atomic mass is 16.5. The van der Waals surface area contributed by atoms with E-state index in [4.69, 9.17) is 5.73 Å². The summed E-state index contributed by atoms with van der Waals surface area (Å²) in [5.41, 5.74) is 5.66. The van der Waals surface area contributed by atoms with E-state index in [1.54, 1.807) is 0 Å². The predicted octanol–water partition coefficient (Wildman–Crippen LogP) is -0.288. The van der Waals surface area contributed by atoms with Crippen molar-refractivity contribution in [2.45, 2.75) is 26.3 Å². The molecular weight excluding hydrogens is 196 g/mol. The zero-order chi connectivity index (χ0) is 11.3. The van der Waals surface area contributed by atoms with Gasteiger partial charge in [-0.15, -0.1) is 0 Å². The topological polar surface area (TPSA) is 94.0 Å². The molecule has 0 aromatic carbocycles. The molecule has 0 saturated carbocycles. The quantitative estimate of drug-likeness (QED) is 0.699. The van der Waals surface area contributed by atoms with Crippen molar-refractivity contribution in [2.24, 2.45) is 11.7 Å². The average Bonchev–Trinajstić information content (AvgIpc) is 2.69. The van der Waals surface area contributed by atoms with Crippen molar-refractivity contribution in [3.8, 4) is 0 Å². The van der Waals surface area contributed by atoms with E-state index in [-0.39, 0.29) is 11.8 Å². The standard InChI is InChI=1S/C9H16N4O2/c1-6(2)8(10)9(14)11-4-3-7-12-5-15-13-7/h5-6,8H,3-4,10H2,1-2H3,(H,11,14)/t8-/m1/s1. The van der Waals surface area contributed by atoms with Gasteiger partial charge in [0.25, 0.3) is 0 Å². The SMILES string of the molecule is CC(C)[C@@H](N)C(=O)NCCc1ncon1. The van der Waals surface area contributed by atoms with Gasteiger partial charge in [-0.25, -0.2) is 0 Å². The molecule has 1 atom stereocenters. The van der Waals surface area contributed by atoms with Crippen molar-refractivity contribution in [3.63, 3.8) is 0 Å². The van der Waals surface area contributed by atoms with Crippen molar-refractivity contribution >= 4 is 5.91 Å². The Balaban J connectivity index is 2.23. The largest absolute Gasteiger partial charge is 0.354 e. The highest BCUT2D eigenvalue weighted by Gasteiger charge is 2.16. The average molecular weight is 212 g/mol. The van der Waals surface area contributed by atoms with E-state index < -0.39 is 6.04 Å². The molecule has 0 saturated heterocycles. The maximum atomic E-state index is 11.4. The van der Waals surface area contributed by atoms with E-state index in [0.29, 0.717) is 18.8 Å². The molecule has 6 heteroatoms. The summed E-state index contributed by atoms with van der Waals surface area (Å²) < 4.78 is 4.56. The molecule has 6 nitrogen and oxygen atoms in total. The number of nitrogens with zero attached hydrogens (tertiary/aromatic N) is 2. The van der Waals surface area contributed by atoms with Crippen molar-refractivity contribution in [2.75, 3.05) is 6.54 Å². The van der Waals surface area contributed by atoms with Gasteiger partial charge in [-0.3, -0.25) is 4.79 Å². The number of hydrogen-bond acceptors (Lipinski definition) is 5. The molecule has 0 fully saturated rings. The van der Waals surface area contributed by atoms with Crippen LogP contribution in [0.4, 0.5) is 0 Å². The van der Waals surface area contributed by atoms with E-state index in [1.165, 1.54) is 6.39 Å². The zero-order valence-electron chi connectivity index (χ0n) is 8.93. The first-order valence-corrected chi connectivity index (χ1v) is 4.89. The molecule has 84 valence electrons.